The highest BCUT2D eigenvalue weighted by Gasteiger charge is 2.16. The molecule has 0 unspecified atom stereocenters. The minimum absolute atomic E-state index is 0.0394. The molecule has 0 bridgehead atoms. The molecule has 0 saturated heterocycles. The Hall–Kier alpha value is -3.62. The van der Waals surface area contributed by atoms with Gasteiger partial charge in [0.15, 0.2) is 0 Å². The van der Waals surface area contributed by atoms with Gasteiger partial charge in [0.25, 0.3) is 15.9 Å². The van der Waals surface area contributed by atoms with Gasteiger partial charge < -0.3 is 9.73 Å². The van der Waals surface area contributed by atoms with Crippen LogP contribution >= 0.6 is 11.6 Å². The van der Waals surface area contributed by atoms with Crippen LogP contribution in [0.1, 0.15) is 15.9 Å². The zero-order valence-corrected chi connectivity index (χ0v) is 18.4. The Balaban J connectivity index is 1.75. The van der Waals surface area contributed by atoms with E-state index in [1.165, 1.54) is 12.1 Å². The molecule has 9 heteroatoms. The molecule has 0 fully saturated rings. The molecule has 0 saturated carbocycles. The van der Waals surface area contributed by atoms with Gasteiger partial charge in [-0.1, -0.05) is 53.6 Å². The molecule has 0 aliphatic rings. The minimum Gasteiger partial charge on any atom is -0.436 e. The topological polar surface area (TPSA) is 101 Å². The Morgan fingerprint density at radius 2 is 1.72 bits per heavy atom. The van der Waals surface area contributed by atoms with Crippen molar-refractivity contribution in [3.8, 4) is 0 Å². The zero-order chi connectivity index (χ0) is 22.7. The molecular weight excluding hydrogens is 450 g/mol. The molecule has 7 nitrogen and oxygen atoms in total. The molecule has 0 aliphatic heterocycles. The van der Waals surface area contributed by atoms with Gasteiger partial charge in [0, 0.05) is 16.1 Å². The molecule has 0 aliphatic carbocycles. The Morgan fingerprint density at radius 1 is 0.969 bits per heavy atom. The lowest BCUT2D eigenvalue weighted by atomic mass is 10.1. The molecule has 0 spiro atoms. The van der Waals surface area contributed by atoms with Crippen molar-refractivity contribution in [2.75, 3.05) is 5.32 Å². The van der Waals surface area contributed by atoms with Gasteiger partial charge in [-0.25, -0.2) is 0 Å². The first kappa shape index (κ1) is 21.6. The van der Waals surface area contributed by atoms with Crippen LogP contribution in [0, 0.1) is 6.92 Å². The molecule has 0 atom stereocenters. The number of amides is 1. The number of carbonyl (C=O) groups is 1. The number of fused-ring (bicyclic) bond motifs is 1. The molecule has 0 radical (unpaired) electrons. The summed E-state index contributed by atoms with van der Waals surface area (Å²) in [6.45, 7) is 1.85. The smallest absolute Gasteiger partial charge is 0.276 e. The molecule has 3 aromatic carbocycles. The predicted molar refractivity (Wildman–Crippen MR) is 123 cm³/mol. The first-order chi connectivity index (χ1) is 15.3. The van der Waals surface area contributed by atoms with E-state index in [2.05, 4.69) is 15.2 Å². The highest BCUT2D eigenvalue weighted by molar-refractivity contribution is 7.89. The summed E-state index contributed by atoms with van der Waals surface area (Å²) in [6.07, 6.45) is 0. The van der Waals surface area contributed by atoms with Crippen molar-refractivity contribution in [1.29, 1.82) is 0 Å². The predicted octanol–water partition coefficient (Wildman–Crippen LogP) is 4.44. The monoisotopic (exact) mass is 467 g/mol. The molecule has 4 rings (SSSR count). The molecule has 162 valence electrons. The number of halogens is 1. The van der Waals surface area contributed by atoms with Gasteiger partial charge in [0.1, 0.15) is 11.1 Å². The van der Waals surface area contributed by atoms with Crippen molar-refractivity contribution >= 4 is 44.2 Å². The zero-order valence-electron chi connectivity index (χ0n) is 16.9. The summed E-state index contributed by atoms with van der Waals surface area (Å²) in [5.41, 5.74) is 1.71. The van der Waals surface area contributed by atoms with Gasteiger partial charge in [-0.2, -0.15) is 13.2 Å². The number of anilines is 1. The number of hydrogen-bond acceptors (Lipinski definition) is 5. The minimum atomic E-state index is -3.96. The fourth-order valence-electron chi connectivity index (χ4n) is 2.95. The second kappa shape index (κ2) is 8.86. The molecule has 1 heterocycles. The highest BCUT2D eigenvalue weighted by Crippen LogP contribution is 2.17. The van der Waals surface area contributed by atoms with Gasteiger partial charge in [0.2, 0.25) is 5.55 Å². The van der Waals surface area contributed by atoms with E-state index in [1.807, 2.05) is 6.92 Å². The Kier molecular flexibility index (Phi) is 5.98. The van der Waals surface area contributed by atoms with Crippen LogP contribution < -0.4 is 15.7 Å². The van der Waals surface area contributed by atoms with Crippen molar-refractivity contribution in [2.45, 2.75) is 11.8 Å². The third-order valence-corrected chi connectivity index (χ3v) is 6.04. The number of rotatable bonds is 5. The van der Waals surface area contributed by atoms with E-state index in [9.17, 15) is 13.2 Å². The summed E-state index contributed by atoms with van der Waals surface area (Å²) in [4.78, 5) is 15.2. The fourth-order valence-corrected chi connectivity index (χ4v) is 3.94. The maximum Gasteiger partial charge on any atom is 0.276 e. The van der Waals surface area contributed by atoms with Crippen molar-refractivity contribution in [1.82, 2.24) is 4.83 Å². The normalized spacial score (nSPS) is 12.0. The number of nitrogens with zero attached hydrogens (tertiary/aromatic N) is 1. The number of carbonyl (C=O) groups excluding carboxylic acids is 1. The van der Waals surface area contributed by atoms with Gasteiger partial charge in [0.05, 0.1) is 4.90 Å². The number of hydrogen-bond donors (Lipinski definition) is 2. The van der Waals surface area contributed by atoms with Crippen molar-refractivity contribution < 1.29 is 17.6 Å². The number of aryl methyl sites for hydroxylation is 1. The summed E-state index contributed by atoms with van der Waals surface area (Å²) in [6, 6.07) is 21.6. The molecule has 1 aromatic heterocycles. The summed E-state index contributed by atoms with van der Waals surface area (Å²) in [7, 11) is -3.96. The fraction of sp³-hybridized carbons (Fsp3) is 0.0435. The van der Waals surface area contributed by atoms with Crippen LogP contribution in [0.2, 0.25) is 5.02 Å². The summed E-state index contributed by atoms with van der Waals surface area (Å²) >= 11 is 5.99. The lowest BCUT2D eigenvalue weighted by Crippen LogP contribution is -2.27. The van der Waals surface area contributed by atoms with Crippen LogP contribution in [0.15, 0.2) is 93.3 Å². The van der Waals surface area contributed by atoms with Gasteiger partial charge in [-0.05, 0) is 49.4 Å². The van der Waals surface area contributed by atoms with Gasteiger partial charge in [-0.3, -0.25) is 4.79 Å². The van der Waals surface area contributed by atoms with Gasteiger partial charge >= 0.3 is 0 Å². The average Bonchev–Trinajstić information content (AvgIpc) is 2.77. The van der Waals surface area contributed by atoms with Crippen LogP contribution in [-0.2, 0) is 10.0 Å². The molecule has 4 aromatic rings. The third kappa shape index (κ3) is 4.82. The number of para-hydroxylation sites is 1. The number of benzene rings is 3. The van der Waals surface area contributed by atoms with E-state index < -0.39 is 15.9 Å². The average molecular weight is 468 g/mol. The lowest BCUT2D eigenvalue weighted by Gasteiger charge is -2.08. The Morgan fingerprint density at radius 3 is 2.47 bits per heavy atom. The molecule has 1 amide bonds. The summed E-state index contributed by atoms with van der Waals surface area (Å²) in [5.74, 6) is -0.532. The molecular formula is C23H18ClN3O4S. The van der Waals surface area contributed by atoms with E-state index in [4.69, 9.17) is 16.0 Å². The van der Waals surface area contributed by atoms with Crippen LogP contribution in [0.3, 0.4) is 0 Å². The SMILES string of the molecule is Cc1ccc(S(=O)(=O)N/N=c2/oc3ccccc3cc2C(=O)Nc2cccc(Cl)c2)cc1. The van der Waals surface area contributed by atoms with E-state index in [0.29, 0.717) is 21.7 Å². The Bertz CT molecular complexity index is 1480. The van der Waals surface area contributed by atoms with Crippen LogP contribution in [0.5, 0.6) is 0 Å². The van der Waals surface area contributed by atoms with Crippen LogP contribution in [0.25, 0.3) is 11.0 Å². The van der Waals surface area contributed by atoms with E-state index >= 15 is 0 Å². The first-order valence-electron chi connectivity index (χ1n) is 9.54. The van der Waals surface area contributed by atoms with Crippen molar-refractivity contribution in [2.24, 2.45) is 5.10 Å². The third-order valence-electron chi connectivity index (χ3n) is 4.58. The van der Waals surface area contributed by atoms with E-state index in [0.717, 1.165) is 5.56 Å². The molecule has 2 N–H and O–H groups in total. The summed E-state index contributed by atoms with van der Waals surface area (Å²) in [5, 5.41) is 7.75. The van der Waals surface area contributed by atoms with Crippen molar-refractivity contribution in [3.63, 3.8) is 0 Å². The Labute approximate surface area is 189 Å². The molecule has 32 heavy (non-hydrogen) atoms. The highest BCUT2D eigenvalue weighted by atomic mass is 35.5. The summed E-state index contributed by atoms with van der Waals surface area (Å²) < 4.78 is 31.0. The second-order valence-electron chi connectivity index (χ2n) is 6.99. The van der Waals surface area contributed by atoms with E-state index in [1.54, 1.807) is 66.7 Å². The quantitative estimate of drug-likeness (QED) is 0.423. The first-order valence-corrected chi connectivity index (χ1v) is 11.4. The maximum absolute atomic E-state index is 13.0. The van der Waals surface area contributed by atoms with Crippen LogP contribution in [-0.4, -0.2) is 14.3 Å². The number of sulfonamides is 1. The lowest BCUT2D eigenvalue weighted by molar-refractivity contribution is 0.102. The largest absolute Gasteiger partial charge is 0.436 e. The number of nitrogens with one attached hydrogen (secondary N) is 2. The maximum atomic E-state index is 13.0. The van der Waals surface area contributed by atoms with Crippen molar-refractivity contribution in [3.05, 3.63) is 101 Å². The second-order valence-corrected chi connectivity index (χ2v) is 9.08. The standard InChI is InChI=1S/C23H18ClN3O4S/c1-15-9-11-19(12-10-15)32(29,30)27-26-23-20(13-16-5-2-3-8-21(16)31-23)22(28)25-18-7-4-6-17(24)14-18/h2-14,27H,1H3,(H,25,28)/b26-23+. The van der Waals surface area contributed by atoms with Crippen LogP contribution in [0.4, 0.5) is 5.69 Å². The van der Waals surface area contributed by atoms with Gasteiger partial charge in [-0.15, -0.1) is 5.10 Å². The van der Waals surface area contributed by atoms with E-state index in [-0.39, 0.29) is 16.0 Å².